The van der Waals surface area contributed by atoms with E-state index in [1.165, 1.54) is 12.8 Å². The van der Waals surface area contributed by atoms with Crippen molar-refractivity contribution in [3.8, 4) is 0 Å². The lowest BCUT2D eigenvalue weighted by Gasteiger charge is -2.27. The first-order chi connectivity index (χ1) is 6.29. The van der Waals surface area contributed by atoms with E-state index in [-0.39, 0.29) is 0 Å². The van der Waals surface area contributed by atoms with Gasteiger partial charge in [0.15, 0.2) is 0 Å². The zero-order valence-electron chi connectivity index (χ0n) is 8.27. The summed E-state index contributed by atoms with van der Waals surface area (Å²) in [5.41, 5.74) is 0. The average molecular weight is 176 g/mol. The number of hydrogen-bond donors (Lipinski definition) is 0. The second-order valence-electron chi connectivity index (χ2n) is 3.87. The van der Waals surface area contributed by atoms with Gasteiger partial charge in [-0.15, -0.1) is 0 Å². The second kappa shape index (κ2) is 3.36. The van der Waals surface area contributed by atoms with Crippen LogP contribution in [0.2, 0.25) is 0 Å². The van der Waals surface area contributed by atoms with Gasteiger partial charge in [-0.05, 0) is 38.8 Å². The van der Waals surface area contributed by atoms with Crippen molar-refractivity contribution in [2.45, 2.75) is 38.8 Å². The molecule has 0 N–H and O–H groups in total. The molecule has 0 radical (unpaired) electrons. The Balaban J connectivity index is 2.25. The van der Waals surface area contributed by atoms with E-state index in [0.29, 0.717) is 12.1 Å². The molecule has 1 aromatic rings. The van der Waals surface area contributed by atoms with E-state index < -0.39 is 0 Å². The Kier molecular flexibility index (Phi) is 2.21. The summed E-state index contributed by atoms with van der Waals surface area (Å²) in [6, 6.07) is 7.41. The van der Waals surface area contributed by atoms with Crippen LogP contribution in [-0.2, 0) is 0 Å². The lowest BCUT2D eigenvalue weighted by atomic mass is 10.2. The summed E-state index contributed by atoms with van der Waals surface area (Å²) in [7, 11) is 0. The van der Waals surface area contributed by atoms with Crippen molar-refractivity contribution in [3.05, 3.63) is 24.4 Å². The third kappa shape index (κ3) is 1.53. The van der Waals surface area contributed by atoms with Gasteiger partial charge in [0.25, 0.3) is 0 Å². The Hall–Kier alpha value is -1.05. The van der Waals surface area contributed by atoms with Crippen molar-refractivity contribution in [1.82, 2.24) is 4.98 Å². The van der Waals surface area contributed by atoms with Gasteiger partial charge in [-0.1, -0.05) is 6.07 Å². The standard InChI is InChI=1S/C11H16N2/c1-9-6-7-10(2)13(9)11-5-3-4-8-12-11/h3-5,8-10H,6-7H2,1-2H3. The summed E-state index contributed by atoms with van der Waals surface area (Å²) in [6.07, 6.45) is 4.45. The largest absolute Gasteiger partial charge is 0.351 e. The lowest BCUT2D eigenvalue weighted by molar-refractivity contribution is 0.683. The van der Waals surface area contributed by atoms with E-state index >= 15 is 0 Å². The van der Waals surface area contributed by atoms with Crippen molar-refractivity contribution < 1.29 is 0 Å². The van der Waals surface area contributed by atoms with Gasteiger partial charge in [0.05, 0.1) is 0 Å². The Morgan fingerprint density at radius 3 is 2.46 bits per heavy atom. The van der Waals surface area contributed by atoms with Crippen LogP contribution in [0.3, 0.4) is 0 Å². The molecule has 0 aromatic carbocycles. The van der Waals surface area contributed by atoms with Gasteiger partial charge < -0.3 is 4.90 Å². The molecule has 2 nitrogen and oxygen atoms in total. The highest BCUT2D eigenvalue weighted by Crippen LogP contribution is 2.27. The molecule has 1 aromatic heterocycles. The fraction of sp³-hybridized carbons (Fsp3) is 0.545. The molecule has 2 unspecified atom stereocenters. The van der Waals surface area contributed by atoms with Crippen molar-refractivity contribution >= 4 is 5.82 Å². The third-order valence-corrected chi connectivity index (χ3v) is 2.87. The predicted molar refractivity (Wildman–Crippen MR) is 54.9 cm³/mol. The summed E-state index contributed by atoms with van der Waals surface area (Å²) in [6.45, 7) is 4.55. The zero-order valence-corrected chi connectivity index (χ0v) is 8.27. The summed E-state index contributed by atoms with van der Waals surface area (Å²) < 4.78 is 0. The smallest absolute Gasteiger partial charge is 0.128 e. The summed E-state index contributed by atoms with van der Waals surface area (Å²) in [4.78, 5) is 6.80. The van der Waals surface area contributed by atoms with Crippen LogP contribution in [0.4, 0.5) is 5.82 Å². The van der Waals surface area contributed by atoms with E-state index in [1.54, 1.807) is 0 Å². The fourth-order valence-electron chi connectivity index (χ4n) is 2.15. The first-order valence-corrected chi connectivity index (χ1v) is 4.98. The highest BCUT2D eigenvalue weighted by atomic mass is 15.2. The summed E-state index contributed by atoms with van der Waals surface area (Å²) in [5, 5.41) is 0. The molecular formula is C11H16N2. The van der Waals surface area contributed by atoms with Crippen molar-refractivity contribution in [1.29, 1.82) is 0 Å². The molecule has 2 heterocycles. The quantitative estimate of drug-likeness (QED) is 0.653. The van der Waals surface area contributed by atoms with Crippen LogP contribution >= 0.6 is 0 Å². The van der Waals surface area contributed by atoms with Crippen LogP contribution in [0.15, 0.2) is 24.4 Å². The molecule has 2 rings (SSSR count). The van der Waals surface area contributed by atoms with Crippen LogP contribution in [0.25, 0.3) is 0 Å². The molecule has 0 aliphatic carbocycles. The van der Waals surface area contributed by atoms with Crippen LogP contribution in [0.1, 0.15) is 26.7 Å². The minimum Gasteiger partial charge on any atom is -0.351 e. The molecule has 2 heteroatoms. The van der Waals surface area contributed by atoms with Crippen molar-refractivity contribution in [2.24, 2.45) is 0 Å². The second-order valence-corrected chi connectivity index (χ2v) is 3.87. The van der Waals surface area contributed by atoms with Gasteiger partial charge in [0.2, 0.25) is 0 Å². The number of pyridine rings is 1. The Labute approximate surface area is 79.6 Å². The fourth-order valence-corrected chi connectivity index (χ4v) is 2.15. The summed E-state index contributed by atoms with van der Waals surface area (Å²) in [5.74, 6) is 1.13. The van der Waals surface area contributed by atoms with Gasteiger partial charge in [0, 0.05) is 18.3 Å². The number of rotatable bonds is 1. The molecule has 1 saturated heterocycles. The summed E-state index contributed by atoms with van der Waals surface area (Å²) >= 11 is 0. The molecule has 0 bridgehead atoms. The van der Waals surface area contributed by atoms with E-state index in [4.69, 9.17) is 0 Å². The molecule has 0 amide bonds. The van der Waals surface area contributed by atoms with E-state index in [0.717, 1.165) is 5.82 Å². The van der Waals surface area contributed by atoms with Crippen LogP contribution in [0, 0.1) is 0 Å². The molecule has 70 valence electrons. The molecular weight excluding hydrogens is 160 g/mol. The molecule has 1 fully saturated rings. The van der Waals surface area contributed by atoms with Crippen molar-refractivity contribution in [3.63, 3.8) is 0 Å². The van der Waals surface area contributed by atoms with Crippen LogP contribution in [0.5, 0.6) is 0 Å². The molecule has 2 atom stereocenters. The minimum atomic E-state index is 0.643. The number of aromatic nitrogens is 1. The first kappa shape index (κ1) is 8.54. The predicted octanol–water partition coefficient (Wildman–Crippen LogP) is 2.46. The number of hydrogen-bond acceptors (Lipinski definition) is 2. The highest BCUT2D eigenvalue weighted by Gasteiger charge is 2.27. The van der Waals surface area contributed by atoms with Crippen LogP contribution < -0.4 is 4.90 Å². The van der Waals surface area contributed by atoms with E-state index in [9.17, 15) is 0 Å². The van der Waals surface area contributed by atoms with Gasteiger partial charge >= 0.3 is 0 Å². The first-order valence-electron chi connectivity index (χ1n) is 4.98. The van der Waals surface area contributed by atoms with Gasteiger partial charge in [-0.2, -0.15) is 0 Å². The highest BCUT2D eigenvalue weighted by molar-refractivity contribution is 5.41. The zero-order chi connectivity index (χ0) is 9.26. The topological polar surface area (TPSA) is 16.1 Å². The molecule has 13 heavy (non-hydrogen) atoms. The number of anilines is 1. The van der Waals surface area contributed by atoms with Gasteiger partial charge in [-0.25, -0.2) is 4.98 Å². The van der Waals surface area contributed by atoms with E-state index in [2.05, 4.69) is 35.9 Å². The van der Waals surface area contributed by atoms with Crippen molar-refractivity contribution in [2.75, 3.05) is 4.90 Å². The van der Waals surface area contributed by atoms with E-state index in [1.807, 2.05) is 12.3 Å². The Morgan fingerprint density at radius 2 is 1.92 bits per heavy atom. The maximum absolute atomic E-state index is 4.39. The average Bonchev–Trinajstić information content (AvgIpc) is 2.48. The molecule has 0 spiro atoms. The van der Waals surface area contributed by atoms with Crippen LogP contribution in [-0.4, -0.2) is 17.1 Å². The minimum absolute atomic E-state index is 0.643. The Morgan fingerprint density at radius 1 is 1.23 bits per heavy atom. The van der Waals surface area contributed by atoms with Gasteiger partial charge in [0.1, 0.15) is 5.82 Å². The maximum Gasteiger partial charge on any atom is 0.128 e. The maximum atomic E-state index is 4.39. The monoisotopic (exact) mass is 176 g/mol. The van der Waals surface area contributed by atoms with Gasteiger partial charge in [-0.3, -0.25) is 0 Å². The SMILES string of the molecule is CC1CCC(C)N1c1ccccn1. The third-order valence-electron chi connectivity index (χ3n) is 2.87. The molecule has 1 aliphatic rings. The Bertz CT molecular complexity index is 261. The molecule has 0 saturated carbocycles. The normalized spacial score (nSPS) is 28.0. The molecule has 1 aliphatic heterocycles. The number of nitrogens with zero attached hydrogens (tertiary/aromatic N) is 2. The lowest BCUT2D eigenvalue weighted by Crippen LogP contribution is -2.33.